The molecule has 2 N–H and O–H groups in total. The second-order valence-electron chi connectivity index (χ2n) is 5.74. The van der Waals surface area contributed by atoms with Gasteiger partial charge in [-0.15, -0.1) is 5.10 Å². The first-order chi connectivity index (χ1) is 12.6. The SMILES string of the molecule is NCC1CN(c2ccc(-n3cc(Cn4cncn4)nn3)c(F)c2)C(=O)O1. The first kappa shape index (κ1) is 16.1. The van der Waals surface area contributed by atoms with Crippen LogP contribution >= 0.6 is 0 Å². The highest BCUT2D eigenvalue weighted by Gasteiger charge is 2.31. The van der Waals surface area contributed by atoms with Crippen LogP contribution < -0.4 is 10.6 Å². The molecule has 0 aliphatic carbocycles. The number of aromatic nitrogens is 6. The lowest BCUT2D eigenvalue weighted by Gasteiger charge is -2.14. The topological polar surface area (TPSA) is 117 Å². The van der Waals surface area contributed by atoms with Crippen LogP contribution in [-0.4, -0.2) is 55.0 Å². The Bertz CT molecular complexity index is 926. The van der Waals surface area contributed by atoms with Crippen molar-refractivity contribution in [1.29, 1.82) is 0 Å². The van der Waals surface area contributed by atoms with E-state index < -0.39 is 11.9 Å². The number of cyclic esters (lactones) is 1. The summed E-state index contributed by atoms with van der Waals surface area (Å²) in [4.78, 5) is 17.0. The second-order valence-corrected chi connectivity index (χ2v) is 5.74. The standard InChI is InChI=1S/C15H15FN8O2/c16-13-3-11(23-7-12(4-17)26-15(23)25)1-2-14(13)24-6-10(20-21-24)5-22-9-18-8-19-22/h1-3,6,8-9,12H,4-5,7,17H2. The Balaban J connectivity index is 1.55. The molecule has 134 valence electrons. The molecule has 1 unspecified atom stereocenters. The minimum Gasteiger partial charge on any atom is -0.443 e. The van der Waals surface area contributed by atoms with Crippen LogP contribution in [0.15, 0.2) is 37.1 Å². The minimum atomic E-state index is -0.538. The van der Waals surface area contributed by atoms with E-state index in [9.17, 15) is 9.18 Å². The van der Waals surface area contributed by atoms with Gasteiger partial charge >= 0.3 is 6.09 Å². The fraction of sp³-hybridized carbons (Fsp3) is 0.267. The number of rotatable bonds is 5. The Kier molecular flexibility index (Phi) is 4.05. The molecule has 1 aliphatic rings. The minimum absolute atomic E-state index is 0.217. The molecule has 3 aromatic rings. The normalized spacial score (nSPS) is 16.9. The fourth-order valence-electron chi connectivity index (χ4n) is 2.67. The lowest BCUT2D eigenvalue weighted by Crippen LogP contribution is -2.27. The Morgan fingerprint density at radius 1 is 1.38 bits per heavy atom. The van der Waals surface area contributed by atoms with Gasteiger partial charge in [0.2, 0.25) is 0 Å². The highest BCUT2D eigenvalue weighted by atomic mass is 19.1. The van der Waals surface area contributed by atoms with Crippen molar-refractivity contribution >= 4 is 11.8 Å². The summed E-state index contributed by atoms with van der Waals surface area (Å²) in [5, 5.41) is 11.9. The van der Waals surface area contributed by atoms with E-state index in [2.05, 4.69) is 20.4 Å². The van der Waals surface area contributed by atoms with Gasteiger partial charge in [0.1, 0.15) is 30.1 Å². The average molecular weight is 358 g/mol. The number of benzene rings is 1. The smallest absolute Gasteiger partial charge is 0.414 e. The van der Waals surface area contributed by atoms with Gasteiger partial charge in [0.25, 0.3) is 0 Å². The van der Waals surface area contributed by atoms with Gasteiger partial charge < -0.3 is 10.5 Å². The zero-order valence-corrected chi connectivity index (χ0v) is 13.6. The van der Waals surface area contributed by atoms with Crippen molar-refractivity contribution in [1.82, 2.24) is 29.8 Å². The monoisotopic (exact) mass is 358 g/mol. The predicted octanol–water partition coefficient (Wildman–Crippen LogP) is 0.330. The van der Waals surface area contributed by atoms with Gasteiger partial charge in [0.05, 0.1) is 25.0 Å². The van der Waals surface area contributed by atoms with Gasteiger partial charge in [-0.1, -0.05) is 5.21 Å². The number of ether oxygens (including phenoxy) is 1. The number of nitrogens with zero attached hydrogens (tertiary/aromatic N) is 7. The first-order valence-electron chi connectivity index (χ1n) is 7.86. The number of amides is 1. The molecule has 0 spiro atoms. The molecule has 26 heavy (non-hydrogen) atoms. The molecule has 1 aromatic carbocycles. The van der Waals surface area contributed by atoms with Crippen molar-refractivity contribution < 1.29 is 13.9 Å². The first-order valence-corrected chi connectivity index (χ1v) is 7.86. The maximum atomic E-state index is 14.6. The van der Waals surface area contributed by atoms with Crippen molar-refractivity contribution in [3.8, 4) is 5.69 Å². The third kappa shape index (κ3) is 2.99. The van der Waals surface area contributed by atoms with Gasteiger partial charge in [-0.05, 0) is 18.2 Å². The number of anilines is 1. The predicted molar refractivity (Wildman–Crippen MR) is 87.1 cm³/mol. The third-order valence-electron chi connectivity index (χ3n) is 3.96. The van der Waals surface area contributed by atoms with E-state index in [0.717, 1.165) is 0 Å². The molecule has 3 heterocycles. The molecule has 0 bridgehead atoms. The maximum Gasteiger partial charge on any atom is 0.414 e. The number of carbonyl (C=O) groups excluding carboxylic acids is 1. The van der Waals surface area contributed by atoms with E-state index in [0.29, 0.717) is 24.5 Å². The summed E-state index contributed by atoms with van der Waals surface area (Å²) >= 11 is 0. The summed E-state index contributed by atoms with van der Waals surface area (Å²) in [6.07, 6.45) is 3.65. The molecule has 0 radical (unpaired) electrons. The molecular weight excluding hydrogens is 343 g/mol. The molecule has 1 fully saturated rings. The lowest BCUT2D eigenvalue weighted by molar-refractivity contribution is 0.145. The molecule has 10 nitrogen and oxygen atoms in total. The Morgan fingerprint density at radius 2 is 2.27 bits per heavy atom. The van der Waals surface area contributed by atoms with Crippen LogP contribution in [0, 0.1) is 5.82 Å². The van der Waals surface area contributed by atoms with Crippen molar-refractivity contribution in [2.45, 2.75) is 12.6 Å². The van der Waals surface area contributed by atoms with E-state index in [1.807, 2.05) is 0 Å². The number of carbonyl (C=O) groups is 1. The van der Waals surface area contributed by atoms with Crippen LogP contribution in [0.5, 0.6) is 0 Å². The van der Waals surface area contributed by atoms with Crippen LogP contribution in [0.3, 0.4) is 0 Å². The summed E-state index contributed by atoms with van der Waals surface area (Å²) in [5.41, 5.74) is 6.73. The van der Waals surface area contributed by atoms with Crippen LogP contribution in [0.4, 0.5) is 14.9 Å². The van der Waals surface area contributed by atoms with E-state index in [-0.39, 0.29) is 18.3 Å². The number of hydrogen-bond donors (Lipinski definition) is 1. The molecule has 2 aromatic heterocycles. The second kappa shape index (κ2) is 6.52. The van der Waals surface area contributed by atoms with Crippen molar-refractivity contribution in [2.24, 2.45) is 5.73 Å². The third-order valence-corrected chi connectivity index (χ3v) is 3.96. The maximum absolute atomic E-state index is 14.6. The summed E-state index contributed by atoms with van der Waals surface area (Å²) in [6.45, 7) is 0.885. The lowest BCUT2D eigenvalue weighted by atomic mass is 10.2. The van der Waals surface area contributed by atoms with E-state index in [4.69, 9.17) is 10.5 Å². The Morgan fingerprint density at radius 3 is 2.96 bits per heavy atom. The fourth-order valence-corrected chi connectivity index (χ4v) is 2.67. The van der Waals surface area contributed by atoms with Crippen LogP contribution in [0.25, 0.3) is 5.69 Å². The number of halogens is 1. The van der Waals surface area contributed by atoms with Gasteiger partial charge in [-0.25, -0.2) is 23.5 Å². The average Bonchev–Trinajstić information content (AvgIpc) is 3.36. The van der Waals surface area contributed by atoms with Crippen molar-refractivity contribution in [3.63, 3.8) is 0 Å². The molecule has 4 rings (SSSR count). The van der Waals surface area contributed by atoms with Crippen LogP contribution in [0.1, 0.15) is 5.69 Å². The number of hydrogen-bond acceptors (Lipinski definition) is 7. The molecule has 11 heteroatoms. The zero-order chi connectivity index (χ0) is 18.1. The molecule has 1 atom stereocenters. The Labute approximate surface area is 147 Å². The Hall–Kier alpha value is -3.34. The van der Waals surface area contributed by atoms with Gasteiger partial charge in [0, 0.05) is 6.54 Å². The van der Waals surface area contributed by atoms with E-state index in [1.165, 1.54) is 28.0 Å². The molecule has 1 saturated heterocycles. The highest BCUT2D eigenvalue weighted by molar-refractivity contribution is 5.89. The summed E-state index contributed by atoms with van der Waals surface area (Å²) in [7, 11) is 0. The summed E-state index contributed by atoms with van der Waals surface area (Å²) in [6, 6.07) is 4.41. The van der Waals surface area contributed by atoms with E-state index in [1.54, 1.807) is 23.3 Å². The molecule has 1 aliphatic heterocycles. The van der Waals surface area contributed by atoms with Crippen molar-refractivity contribution in [3.05, 3.63) is 48.6 Å². The van der Waals surface area contributed by atoms with E-state index >= 15 is 0 Å². The largest absolute Gasteiger partial charge is 0.443 e. The zero-order valence-electron chi connectivity index (χ0n) is 13.6. The van der Waals surface area contributed by atoms with Gasteiger partial charge in [-0.2, -0.15) is 5.10 Å². The van der Waals surface area contributed by atoms with Crippen LogP contribution in [-0.2, 0) is 11.3 Å². The van der Waals surface area contributed by atoms with Crippen LogP contribution in [0.2, 0.25) is 0 Å². The highest BCUT2D eigenvalue weighted by Crippen LogP contribution is 2.25. The van der Waals surface area contributed by atoms with Crippen molar-refractivity contribution in [2.75, 3.05) is 18.0 Å². The van der Waals surface area contributed by atoms with Gasteiger partial charge in [-0.3, -0.25) is 4.90 Å². The molecule has 0 saturated carbocycles. The summed E-state index contributed by atoms with van der Waals surface area (Å²) in [5.74, 6) is -0.538. The quantitative estimate of drug-likeness (QED) is 0.698. The molecular formula is C15H15FN8O2. The van der Waals surface area contributed by atoms with Gasteiger partial charge in [0.15, 0.2) is 5.82 Å². The molecule has 1 amide bonds. The number of nitrogens with two attached hydrogens (primary N) is 1. The summed E-state index contributed by atoms with van der Waals surface area (Å²) < 4.78 is 22.6.